The molecule has 0 saturated carbocycles. The molecule has 0 amide bonds. The summed E-state index contributed by atoms with van der Waals surface area (Å²) in [6.07, 6.45) is 1.71. The van der Waals surface area contributed by atoms with Gasteiger partial charge in [-0.05, 0) is 40.5 Å². The van der Waals surface area contributed by atoms with Crippen molar-refractivity contribution < 1.29 is 10.2 Å². The van der Waals surface area contributed by atoms with Gasteiger partial charge in [-0.1, -0.05) is 12.1 Å². The third-order valence-electron chi connectivity index (χ3n) is 2.60. The lowest BCUT2D eigenvalue weighted by molar-refractivity contribution is 0.400. The van der Waals surface area contributed by atoms with E-state index in [9.17, 15) is 10.2 Å². The molecule has 0 aliphatic carbocycles. The molecule has 3 N–H and O–H groups in total. The number of aromatic nitrogens is 1. The standard InChI is InChI=1S/C13H13BrN2O2/c1-8-5-10(7-16-13(8)14)15-6-9-3-2-4-11(17)12(9)18/h2-5,7,15,17-18H,6H2,1H3. The molecule has 0 saturated heterocycles. The van der Waals surface area contributed by atoms with Crippen molar-refractivity contribution in [1.82, 2.24) is 4.98 Å². The SMILES string of the molecule is Cc1cc(NCc2cccc(O)c2O)cnc1Br. The molecular weight excluding hydrogens is 296 g/mol. The van der Waals surface area contributed by atoms with Gasteiger partial charge in [0, 0.05) is 12.1 Å². The smallest absolute Gasteiger partial charge is 0.162 e. The fourth-order valence-corrected chi connectivity index (χ4v) is 1.79. The molecule has 5 heteroatoms. The summed E-state index contributed by atoms with van der Waals surface area (Å²) >= 11 is 3.33. The average Bonchev–Trinajstić information content (AvgIpc) is 2.35. The van der Waals surface area contributed by atoms with Gasteiger partial charge < -0.3 is 15.5 Å². The molecule has 0 unspecified atom stereocenters. The van der Waals surface area contributed by atoms with E-state index in [1.165, 1.54) is 6.07 Å². The molecule has 0 radical (unpaired) electrons. The van der Waals surface area contributed by atoms with E-state index in [0.717, 1.165) is 15.9 Å². The highest BCUT2D eigenvalue weighted by Crippen LogP contribution is 2.28. The number of halogens is 1. The fourth-order valence-electron chi connectivity index (χ4n) is 1.57. The summed E-state index contributed by atoms with van der Waals surface area (Å²) < 4.78 is 0.813. The Kier molecular flexibility index (Phi) is 3.72. The molecule has 1 heterocycles. The summed E-state index contributed by atoms with van der Waals surface area (Å²) in [7, 11) is 0. The molecule has 18 heavy (non-hydrogen) atoms. The number of para-hydroxylation sites is 1. The molecule has 1 aromatic carbocycles. The van der Waals surface area contributed by atoms with Crippen molar-refractivity contribution in [3.8, 4) is 11.5 Å². The number of hydrogen-bond donors (Lipinski definition) is 3. The van der Waals surface area contributed by atoms with Gasteiger partial charge >= 0.3 is 0 Å². The molecule has 4 nitrogen and oxygen atoms in total. The first-order valence-electron chi connectivity index (χ1n) is 5.44. The zero-order chi connectivity index (χ0) is 13.1. The first-order valence-corrected chi connectivity index (χ1v) is 6.23. The van der Waals surface area contributed by atoms with Gasteiger partial charge in [-0.15, -0.1) is 0 Å². The van der Waals surface area contributed by atoms with E-state index >= 15 is 0 Å². The second kappa shape index (κ2) is 5.27. The van der Waals surface area contributed by atoms with Crippen LogP contribution in [-0.4, -0.2) is 15.2 Å². The Balaban J connectivity index is 2.11. The lowest BCUT2D eigenvalue weighted by Gasteiger charge is -2.09. The normalized spacial score (nSPS) is 10.3. The van der Waals surface area contributed by atoms with Crippen molar-refractivity contribution in [2.75, 3.05) is 5.32 Å². The Hall–Kier alpha value is -1.75. The number of anilines is 1. The number of benzene rings is 1. The zero-order valence-corrected chi connectivity index (χ0v) is 11.4. The minimum atomic E-state index is -0.112. The maximum absolute atomic E-state index is 9.66. The monoisotopic (exact) mass is 308 g/mol. The van der Waals surface area contributed by atoms with Gasteiger partial charge in [0.1, 0.15) is 4.60 Å². The third-order valence-corrected chi connectivity index (χ3v) is 3.43. The summed E-state index contributed by atoms with van der Waals surface area (Å²) in [5, 5.41) is 22.2. The van der Waals surface area contributed by atoms with E-state index in [1.807, 2.05) is 13.0 Å². The number of phenolic OH excluding ortho intramolecular Hbond substituents is 2. The molecule has 0 bridgehead atoms. The Morgan fingerprint density at radius 2 is 2.11 bits per heavy atom. The second-order valence-electron chi connectivity index (χ2n) is 3.97. The summed E-state index contributed by atoms with van der Waals surface area (Å²) in [5.41, 5.74) is 2.52. The Morgan fingerprint density at radius 1 is 1.33 bits per heavy atom. The number of nitrogens with one attached hydrogen (secondary N) is 1. The van der Waals surface area contributed by atoms with Crippen LogP contribution in [0.3, 0.4) is 0 Å². The number of pyridine rings is 1. The molecule has 1 aromatic heterocycles. The number of hydrogen-bond acceptors (Lipinski definition) is 4. The van der Waals surface area contributed by atoms with Gasteiger partial charge in [-0.3, -0.25) is 0 Å². The van der Waals surface area contributed by atoms with E-state index in [2.05, 4.69) is 26.2 Å². The third kappa shape index (κ3) is 2.73. The van der Waals surface area contributed by atoms with Gasteiger partial charge in [0.25, 0.3) is 0 Å². The van der Waals surface area contributed by atoms with Crippen molar-refractivity contribution in [2.45, 2.75) is 13.5 Å². The molecule has 0 fully saturated rings. The van der Waals surface area contributed by atoms with Crippen LogP contribution in [-0.2, 0) is 6.54 Å². The summed E-state index contributed by atoms with van der Waals surface area (Å²) in [5.74, 6) is -0.203. The molecule has 0 aliphatic heterocycles. The van der Waals surface area contributed by atoms with Crippen molar-refractivity contribution >= 4 is 21.6 Å². The molecular formula is C13H13BrN2O2. The first-order chi connectivity index (χ1) is 8.58. The minimum absolute atomic E-state index is 0.0909. The molecule has 2 rings (SSSR count). The van der Waals surface area contributed by atoms with Crippen LogP contribution in [0.1, 0.15) is 11.1 Å². The maximum atomic E-state index is 9.66. The molecule has 0 aliphatic rings. The quantitative estimate of drug-likeness (QED) is 0.602. The minimum Gasteiger partial charge on any atom is -0.504 e. The number of aryl methyl sites for hydroxylation is 1. The van der Waals surface area contributed by atoms with Crippen LogP contribution in [0.4, 0.5) is 5.69 Å². The Labute approximate surface area is 113 Å². The number of rotatable bonds is 3. The van der Waals surface area contributed by atoms with Crippen LogP contribution >= 0.6 is 15.9 Å². The van der Waals surface area contributed by atoms with E-state index in [-0.39, 0.29) is 11.5 Å². The van der Waals surface area contributed by atoms with Crippen LogP contribution < -0.4 is 5.32 Å². The Morgan fingerprint density at radius 3 is 2.83 bits per heavy atom. The van der Waals surface area contributed by atoms with Crippen LogP contribution in [0.2, 0.25) is 0 Å². The largest absolute Gasteiger partial charge is 0.504 e. The van der Waals surface area contributed by atoms with Crippen molar-refractivity contribution in [2.24, 2.45) is 0 Å². The predicted octanol–water partition coefficient (Wildman–Crippen LogP) is 3.18. The lowest BCUT2D eigenvalue weighted by atomic mass is 10.2. The first kappa shape index (κ1) is 12.7. The highest BCUT2D eigenvalue weighted by atomic mass is 79.9. The van der Waals surface area contributed by atoms with E-state index in [4.69, 9.17) is 0 Å². The van der Waals surface area contributed by atoms with Gasteiger partial charge in [0.15, 0.2) is 11.5 Å². The summed E-state index contributed by atoms with van der Waals surface area (Å²) in [6.45, 7) is 2.37. The van der Waals surface area contributed by atoms with E-state index < -0.39 is 0 Å². The number of aromatic hydroxyl groups is 2. The molecule has 94 valence electrons. The fraction of sp³-hybridized carbons (Fsp3) is 0.154. The molecule has 0 spiro atoms. The topological polar surface area (TPSA) is 65.4 Å². The highest BCUT2D eigenvalue weighted by Gasteiger charge is 2.05. The van der Waals surface area contributed by atoms with Crippen molar-refractivity contribution in [3.05, 3.63) is 46.2 Å². The van der Waals surface area contributed by atoms with Gasteiger partial charge in [-0.25, -0.2) is 4.98 Å². The van der Waals surface area contributed by atoms with Crippen LogP contribution in [0.5, 0.6) is 11.5 Å². The van der Waals surface area contributed by atoms with Crippen molar-refractivity contribution in [3.63, 3.8) is 0 Å². The second-order valence-corrected chi connectivity index (χ2v) is 4.72. The number of nitrogens with zero attached hydrogens (tertiary/aromatic N) is 1. The predicted molar refractivity (Wildman–Crippen MR) is 73.8 cm³/mol. The average molecular weight is 309 g/mol. The Bertz CT molecular complexity index is 573. The van der Waals surface area contributed by atoms with E-state index in [1.54, 1.807) is 18.3 Å². The summed E-state index contributed by atoms with van der Waals surface area (Å²) in [4.78, 5) is 4.17. The maximum Gasteiger partial charge on any atom is 0.162 e. The number of phenols is 2. The van der Waals surface area contributed by atoms with Gasteiger partial charge in [-0.2, -0.15) is 0 Å². The zero-order valence-electron chi connectivity index (χ0n) is 9.81. The van der Waals surface area contributed by atoms with Crippen LogP contribution in [0, 0.1) is 6.92 Å². The van der Waals surface area contributed by atoms with E-state index in [0.29, 0.717) is 12.1 Å². The molecule has 2 aromatic rings. The van der Waals surface area contributed by atoms with Crippen molar-refractivity contribution in [1.29, 1.82) is 0 Å². The van der Waals surface area contributed by atoms with Gasteiger partial charge in [0.05, 0.1) is 11.9 Å². The molecule has 0 atom stereocenters. The van der Waals surface area contributed by atoms with Crippen LogP contribution in [0.15, 0.2) is 35.1 Å². The highest BCUT2D eigenvalue weighted by molar-refractivity contribution is 9.10. The summed E-state index contributed by atoms with van der Waals surface area (Å²) in [6, 6.07) is 6.85. The van der Waals surface area contributed by atoms with Crippen LogP contribution in [0.25, 0.3) is 0 Å². The lowest BCUT2D eigenvalue weighted by Crippen LogP contribution is -2.00. The van der Waals surface area contributed by atoms with Gasteiger partial charge in [0.2, 0.25) is 0 Å².